The number of nitrogens with zero attached hydrogens (tertiary/aromatic N) is 2. The third-order valence-corrected chi connectivity index (χ3v) is 6.14. The first-order chi connectivity index (χ1) is 9.79. The minimum absolute atomic E-state index is 0.409. The van der Waals surface area contributed by atoms with Crippen molar-refractivity contribution in [1.82, 2.24) is 9.97 Å². The fourth-order valence-corrected chi connectivity index (χ4v) is 3.52. The van der Waals surface area contributed by atoms with E-state index in [0.29, 0.717) is 22.7 Å². The summed E-state index contributed by atoms with van der Waals surface area (Å²) in [5.41, 5.74) is 1.94. The SMILES string of the molecule is CNc1nc(C2CC2)nc(NCC2C(C)(C)C2(C)C)c1C. The summed E-state index contributed by atoms with van der Waals surface area (Å²) >= 11 is 0. The fourth-order valence-electron chi connectivity index (χ4n) is 3.52. The van der Waals surface area contributed by atoms with Crippen LogP contribution in [-0.2, 0) is 0 Å². The van der Waals surface area contributed by atoms with Gasteiger partial charge in [0.2, 0.25) is 0 Å². The van der Waals surface area contributed by atoms with E-state index in [1.807, 2.05) is 7.05 Å². The Balaban J connectivity index is 1.77. The van der Waals surface area contributed by atoms with Gasteiger partial charge in [0.1, 0.15) is 17.5 Å². The summed E-state index contributed by atoms with van der Waals surface area (Å²) in [5, 5.41) is 6.80. The van der Waals surface area contributed by atoms with Crippen molar-refractivity contribution in [3.8, 4) is 0 Å². The molecular weight excluding hydrogens is 260 g/mol. The highest BCUT2D eigenvalue weighted by atomic mass is 15.1. The van der Waals surface area contributed by atoms with Crippen molar-refractivity contribution in [2.24, 2.45) is 16.7 Å². The second kappa shape index (κ2) is 4.59. The number of aromatic nitrogens is 2. The van der Waals surface area contributed by atoms with Gasteiger partial charge in [0.15, 0.2) is 0 Å². The van der Waals surface area contributed by atoms with Gasteiger partial charge in [-0.2, -0.15) is 0 Å². The molecule has 2 aliphatic rings. The molecular formula is C17H28N4. The van der Waals surface area contributed by atoms with Crippen molar-refractivity contribution >= 4 is 11.6 Å². The van der Waals surface area contributed by atoms with Gasteiger partial charge in [0, 0.05) is 25.1 Å². The maximum atomic E-state index is 4.78. The van der Waals surface area contributed by atoms with E-state index in [1.165, 1.54) is 12.8 Å². The molecule has 0 saturated heterocycles. The number of hydrogen-bond donors (Lipinski definition) is 2. The van der Waals surface area contributed by atoms with Gasteiger partial charge in [0.05, 0.1) is 0 Å². The highest BCUT2D eigenvalue weighted by molar-refractivity contribution is 5.57. The summed E-state index contributed by atoms with van der Waals surface area (Å²) in [6.07, 6.45) is 2.46. The average molecular weight is 288 g/mol. The van der Waals surface area contributed by atoms with E-state index in [2.05, 4.69) is 50.2 Å². The molecule has 4 nitrogen and oxygen atoms in total. The van der Waals surface area contributed by atoms with Gasteiger partial charge in [-0.05, 0) is 36.5 Å². The van der Waals surface area contributed by atoms with E-state index in [4.69, 9.17) is 4.98 Å². The molecule has 2 saturated carbocycles. The summed E-state index contributed by atoms with van der Waals surface area (Å²) in [5.74, 6) is 4.24. The van der Waals surface area contributed by atoms with E-state index < -0.39 is 0 Å². The van der Waals surface area contributed by atoms with Crippen LogP contribution in [0, 0.1) is 23.7 Å². The van der Waals surface area contributed by atoms with Crippen LogP contribution in [0.25, 0.3) is 0 Å². The first kappa shape index (κ1) is 14.6. The van der Waals surface area contributed by atoms with Crippen LogP contribution in [-0.4, -0.2) is 23.6 Å². The van der Waals surface area contributed by atoms with Crippen molar-refractivity contribution in [2.45, 2.75) is 53.4 Å². The molecule has 3 rings (SSSR count). The highest BCUT2D eigenvalue weighted by Gasteiger charge is 2.64. The molecule has 0 bridgehead atoms. The molecule has 1 heterocycles. The second-order valence-corrected chi connectivity index (χ2v) is 7.81. The smallest absolute Gasteiger partial charge is 0.136 e. The Labute approximate surface area is 128 Å². The Morgan fingerprint density at radius 3 is 2.10 bits per heavy atom. The lowest BCUT2D eigenvalue weighted by Gasteiger charge is -2.14. The van der Waals surface area contributed by atoms with Crippen molar-refractivity contribution in [2.75, 3.05) is 24.2 Å². The lowest BCUT2D eigenvalue weighted by atomic mass is 10.0. The van der Waals surface area contributed by atoms with E-state index in [0.717, 1.165) is 29.6 Å². The van der Waals surface area contributed by atoms with E-state index in [1.54, 1.807) is 0 Å². The molecule has 1 aromatic heterocycles. The van der Waals surface area contributed by atoms with Gasteiger partial charge in [-0.1, -0.05) is 27.7 Å². The number of hydrogen-bond acceptors (Lipinski definition) is 4. The van der Waals surface area contributed by atoms with Crippen molar-refractivity contribution in [3.63, 3.8) is 0 Å². The molecule has 0 amide bonds. The van der Waals surface area contributed by atoms with Gasteiger partial charge >= 0.3 is 0 Å². The Morgan fingerprint density at radius 1 is 1.05 bits per heavy atom. The maximum Gasteiger partial charge on any atom is 0.136 e. The van der Waals surface area contributed by atoms with E-state index >= 15 is 0 Å². The first-order valence-corrected chi connectivity index (χ1v) is 8.09. The number of rotatable bonds is 5. The minimum Gasteiger partial charge on any atom is -0.373 e. The van der Waals surface area contributed by atoms with Crippen LogP contribution in [0.4, 0.5) is 11.6 Å². The van der Waals surface area contributed by atoms with Crippen LogP contribution in [0.2, 0.25) is 0 Å². The van der Waals surface area contributed by atoms with Gasteiger partial charge in [-0.25, -0.2) is 9.97 Å². The standard InChI is InChI=1S/C17H28N4/c1-10-13(18-6)20-15(11-7-8-11)21-14(10)19-9-12-16(2,3)17(12,4)5/h11-12H,7-9H2,1-6H3,(H2,18,19,20,21). The quantitative estimate of drug-likeness (QED) is 0.865. The summed E-state index contributed by atoms with van der Waals surface area (Å²) < 4.78 is 0. The van der Waals surface area contributed by atoms with Crippen molar-refractivity contribution in [3.05, 3.63) is 11.4 Å². The van der Waals surface area contributed by atoms with Gasteiger partial charge in [-0.3, -0.25) is 0 Å². The summed E-state index contributed by atoms with van der Waals surface area (Å²) in [7, 11) is 1.93. The topological polar surface area (TPSA) is 49.8 Å². The molecule has 116 valence electrons. The molecule has 0 aromatic carbocycles. The Hall–Kier alpha value is -1.32. The number of nitrogens with one attached hydrogen (secondary N) is 2. The Kier molecular flexibility index (Phi) is 3.19. The molecule has 21 heavy (non-hydrogen) atoms. The molecule has 1 aromatic rings. The Bertz CT molecular complexity index is 544. The summed E-state index contributed by atoms with van der Waals surface area (Å²) in [4.78, 5) is 9.43. The predicted molar refractivity (Wildman–Crippen MR) is 87.8 cm³/mol. The Morgan fingerprint density at radius 2 is 1.62 bits per heavy atom. The monoisotopic (exact) mass is 288 g/mol. The second-order valence-electron chi connectivity index (χ2n) is 7.81. The van der Waals surface area contributed by atoms with Crippen LogP contribution in [0.15, 0.2) is 0 Å². The van der Waals surface area contributed by atoms with E-state index in [9.17, 15) is 0 Å². The zero-order valence-electron chi connectivity index (χ0n) is 14.2. The largest absolute Gasteiger partial charge is 0.373 e. The van der Waals surface area contributed by atoms with Crippen LogP contribution in [0.1, 0.15) is 57.8 Å². The predicted octanol–water partition coefficient (Wildman–Crippen LogP) is 3.80. The van der Waals surface area contributed by atoms with Gasteiger partial charge in [0.25, 0.3) is 0 Å². The average Bonchev–Trinajstić information content (AvgIpc) is 3.30. The summed E-state index contributed by atoms with van der Waals surface area (Å²) in [6, 6.07) is 0. The molecule has 0 spiro atoms. The van der Waals surface area contributed by atoms with Gasteiger partial charge in [-0.15, -0.1) is 0 Å². The molecule has 0 atom stereocenters. The first-order valence-electron chi connectivity index (χ1n) is 8.09. The summed E-state index contributed by atoms with van der Waals surface area (Å²) in [6.45, 7) is 12.5. The van der Waals surface area contributed by atoms with Crippen molar-refractivity contribution in [1.29, 1.82) is 0 Å². The molecule has 2 N–H and O–H groups in total. The van der Waals surface area contributed by atoms with Crippen molar-refractivity contribution < 1.29 is 0 Å². The zero-order chi connectivity index (χ0) is 15.4. The lowest BCUT2D eigenvalue weighted by molar-refractivity contribution is 0.457. The fraction of sp³-hybridized carbons (Fsp3) is 0.765. The van der Waals surface area contributed by atoms with Crippen LogP contribution < -0.4 is 10.6 Å². The van der Waals surface area contributed by atoms with Gasteiger partial charge < -0.3 is 10.6 Å². The van der Waals surface area contributed by atoms with Crippen LogP contribution in [0.3, 0.4) is 0 Å². The molecule has 0 aliphatic heterocycles. The molecule has 2 aliphatic carbocycles. The zero-order valence-corrected chi connectivity index (χ0v) is 14.2. The third kappa shape index (κ3) is 2.29. The van der Waals surface area contributed by atoms with Crippen LogP contribution >= 0.6 is 0 Å². The van der Waals surface area contributed by atoms with Crippen LogP contribution in [0.5, 0.6) is 0 Å². The minimum atomic E-state index is 0.409. The third-order valence-electron chi connectivity index (χ3n) is 6.14. The van der Waals surface area contributed by atoms with E-state index in [-0.39, 0.29) is 0 Å². The normalized spacial score (nSPS) is 23.0. The highest BCUT2D eigenvalue weighted by Crippen LogP contribution is 2.68. The molecule has 0 radical (unpaired) electrons. The maximum absolute atomic E-state index is 4.78. The number of anilines is 2. The molecule has 4 heteroatoms. The molecule has 0 unspecified atom stereocenters. The lowest BCUT2D eigenvalue weighted by Crippen LogP contribution is -2.13. The molecule has 2 fully saturated rings.